The number of para-hydroxylation sites is 2. The van der Waals surface area contributed by atoms with Crippen molar-refractivity contribution < 1.29 is 9.53 Å². The first kappa shape index (κ1) is 19.4. The number of fused-ring (bicyclic) bond motifs is 1. The van der Waals surface area contributed by atoms with Crippen molar-refractivity contribution in [3.05, 3.63) is 65.1 Å². The molecular weight excluding hydrogens is 454 g/mol. The molecule has 0 saturated carbocycles. The Morgan fingerprint density at radius 1 is 1.10 bits per heavy atom. The van der Waals surface area contributed by atoms with Crippen molar-refractivity contribution in [2.45, 2.75) is 5.16 Å². The second-order valence-corrected chi connectivity index (χ2v) is 7.87. The molecule has 0 spiro atoms. The van der Waals surface area contributed by atoms with E-state index in [0.29, 0.717) is 22.2 Å². The van der Waals surface area contributed by atoms with E-state index in [1.54, 1.807) is 23.8 Å². The lowest BCUT2D eigenvalue weighted by Gasteiger charge is -2.09. The summed E-state index contributed by atoms with van der Waals surface area (Å²) in [6.45, 7) is 0. The van der Waals surface area contributed by atoms with Gasteiger partial charge in [0.2, 0.25) is 11.1 Å². The van der Waals surface area contributed by atoms with E-state index in [4.69, 9.17) is 4.74 Å². The number of carbonyl (C=O) groups is 1. The minimum absolute atomic E-state index is 0.166. The zero-order valence-electron chi connectivity index (χ0n) is 15.4. The second kappa shape index (κ2) is 8.62. The standard InChI is InChI=1S/C20H16BrN5O2S/c1-28-17-5-3-2-4-16(17)22-19(27)12-29-20-24-23-18-11-10-15(25-26(18)20)13-6-8-14(21)9-7-13/h2-11H,12H2,1H3,(H,22,27). The van der Waals surface area contributed by atoms with Crippen molar-refractivity contribution in [1.29, 1.82) is 0 Å². The molecule has 0 aliphatic rings. The van der Waals surface area contributed by atoms with Crippen LogP contribution in [0.5, 0.6) is 5.75 Å². The molecule has 0 aliphatic heterocycles. The highest BCUT2D eigenvalue weighted by Gasteiger charge is 2.13. The molecule has 4 rings (SSSR count). The quantitative estimate of drug-likeness (QED) is 0.424. The van der Waals surface area contributed by atoms with Crippen LogP contribution in [0.2, 0.25) is 0 Å². The molecule has 0 unspecified atom stereocenters. The first-order valence-corrected chi connectivity index (χ1v) is 10.5. The fourth-order valence-corrected chi connectivity index (χ4v) is 3.65. The summed E-state index contributed by atoms with van der Waals surface area (Å²) in [6, 6.07) is 18.9. The number of hydrogen-bond acceptors (Lipinski definition) is 6. The maximum absolute atomic E-state index is 12.4. The fourth-order valence-electron chi connectivity index (χ4n) is 2.70. The SMILES string of the molecule is COc1ccccc1NC(=O)CSc1nnc2ccc(-c3ccc(Br)cc3)nn12. The molecule has 2 aromatic heterocycles. The van der Waals surface area contributed by atoms with Gasteiger partial charge in [-0.25, -0.2) is 0 Å². The zero-order chi connectivity index (χ0) is 20.2. The molecule has 0 bridgehead atoms. The molecule has 0 radical (unpaired) electrons. The van der Waals surface area contributed by atoms with Crippen LogP contribution >= 0.6 is 27.7 Å². The number of halogens is 1. The summed E-state index contributed by atoms with van der Waals surface area (Å²) in [6.07, 6.45) is 0. The highest BCUT2D eigenvalue weighted by atomic mass is 79.9. The molecule has 4 aromatic rings. The minimum Gasteiger partial charge on any atom is -0.495 e. The summed E-state index contributed by atoms with van der Waals surface area (Å²) in [5.74, 6) is 0.614. The number of hydrogen-bond donors (Lipinski definition) is 1. The average molecular weight is 470 g/mol. The van der Waals surface area contributed by atoms with Crippen LogP contribution in [0, 0.1) is 0 Å². The molecule has 1 amide bonds. The number of nitrogens with one attached hydrogen (secondary N) is 1. The summed E-state index contributed by atoms with van der Waals surface area (Å²) >= 11 is 4.71. The van der Waals surface area contributed by atoms with Gasteiger partial charge >= 0.3 is 0 Å². The number of rotatable bonds is 6. The number of carbonyl (C=O) groups excluding carboxylic acids is 1. The van der Waals surface area contributed by atoms with Crippen LogP contribution < -0.4 is 10.1 Å². The van der Waals surface area contributed by atoms with Crippen molar-refractivity contribution in [2.24, 2.45) is 0 Å². The monoisotopic (exact) mass is 469 g/mol. The minimum atomic E-state index is -0.166. The zero-order valence-corrected chi connectivity index (χ0v) is 17.8. The average Bonchev–Trinajstić information content (AvgIpc) is 3.15. The second-order valence-electron chi connectivity index (χ2n) is 6.02. The molecule has 0 atom stereocenters. The van der Waals surface area contributed by atoms with Gasteiger partial charge in [0.25, 0.3) is 0 Å². The van der Waals surface area contributed by atoms with E-state index in [1.807, 2.05) is 48.5 Å². The van der Waals surface area contributed by atoms with Gasteiger partial charge in [-0.3, -0.25) is 4.79 Å². The van der Waals surface area contributed by atoms with Gasteiger partial charge in [0, 0.05) is 10.0 Å². The van der Waals surface area contributed by atoms with Crippen LogP contribution in [-0.2, 0) is 4.79 Å². The third-order valence-corrected chi connectivity index (χ3v) is 5.54. The Hall–Kier alpha value is -2.91. The maximum Gasteiger partial charge on any atom is 0.234 e. The number of anilines is 1. The van der Waals surface area contributed by atoms with Crippen molar-refractivity contribution in [3.63, 3.8) is 0 Å². The molecule has 0 aliphatic carbocycles. The molecule has 9 heteroatoms. The molecule has 2 aromatic carbocycles. The van der Waals surface area contributed by atoms with E-state index in [0.717, 1.165) is 15.7 Å². The molecule has 2 heterocycles. The van der Waals surface area contributed by atoms with E-state index in [1.165, 1.54) is 11.8 Å². The number of nitrogens with zero attached hydrogens (tertiary/aromatic N) is 4. The normalized spacial score (nSPS) is 10.8. The topological polar surface area (TPSA) is 81.4 Å². The van der Waals surface area contributed by atoms with Gasteiger partial charge in [0.05, 0.1) is 24.2 Å². The molecule has 0 saturated heterocycles. The van der Waals surface area contributed by atoms with Gasteiger partial charge in [-0.1, -0.05) is 52.0 Å². The number of thioether (sulfide) groups is 1. The summed E-state index contributed by atoms with van der Waals surface area (Å²) in [5, 5.41) is 16.3. The van der Waals surface area contributed by atoms with Gasteiger partial charge in [0.1, 0.15) is 5.75 Å². The van der Waals surface area contributed by atoms with Crippen molar-refractivity contribution in [1.82, 2.24) is 19.8 Å². The van der Waals surface area contributed by atoms with E-state index in [9.17, 15) is 4.79 Å². The predicted octanol–water partition coefficient (Wildman–Crippen LogP) is 4.29. The molecule has 0 fully saturated rings. The van der Waals surface area contributed by atoms with E-state index in [-0.39, 0.29) is 11.7 Å². The number of amides is 1. The summed E-state index contributed by atoms with van der Waals surface area (Å²) in [5.41, 5.74) is 3.03. The molecule has 1 N–H and O–H groups in total. The van der Waals surface area contributed by atoms with Gasteiger partial charge in [0.15, 0.2) is 5.65 Å². The lowest BCUT2D eigenvalue weighted by molar-refractivity contribution is -0.113. The molecule has 29 heavy (non-hydrogen) atoms. The van der Waals surface area contributed by atoms with Gasteiger partial charge in [-0.2, -0.15) is 9.61 Å². The molecule has 146 valence electrons. The highest BCUT2D eigenvalue weighted by Crippen LogP contribution is 2.25. The Bertz CT molecular complexity index is 1160. The lowest BCUT2D eigenvalue weighted by atomic mass is 10.1. The lowest BCUT2D eigenvalue weighted by Crippen LogP contribution is -2.15. The summed E-state index contributed by atoms with van der Waals surface area (Å²) in [7, 11) is 1.57. The number of benzene rings is 2. The van der Waals surface area contributed by atoms with Crippen LogP contribution in [0.4, 0.5) is 5.69 Å². The Labute approximate surface area is 179 Å². The van der Waals surface area contributed by atoms with Gasteiger partial charge in [-0.05, 0) is 36.4 Å². The maximum atomic E-state index is 12.4. The molecule has 7 nitrogen and oxygen atoms in total. The van der Waals surface area contributed by atoms with E-state index < -0.39 is 0 Å². The first-order valence-electron chi connectivity index (χ1n) is 8.68. The Balaban J connectivity index is 1.50. The predicted molar refractivity (Wildman–Crippen MR) is 116 cm³/mol. The van der Waals surface area contributed by atoms with Crippen molar-refractivity contribution in [2.75, 3.05) is 18.2 Å². The van der Waals surface area contributed by atoms with E-state index >= 15 is 0 Å². The fraction of sp³-hybridized carbons (Fsp3) is 0.100. The third-order valence-electron chi connectivity index (χ3n) is 4.09. The van der Waals surface area contributed by atoms with Crippen LogP contribution in [-0.4, -0.2) is 38.6 Å². The number of methoxy groups -OCH3 is 1. The third kappa shape index (κ3) is 4.41. The Kier molecular flexibility index (Phi) is 5.77. The summed E-state index contributed by atoms with van der Waals surface area (Å²) < 4.78 is 7.91. The largest absolute Gasteiger partial charge is 0.495 e. The smallest absolute Gasteiger partial charge is 0.234 e. The van der Waals surface area contributed by atoms with Crippen molar-refractivity contribution in [3.8, 4) is 17.0 Å². The highest BCUT2D eigenvalue weighted by molar-refractivity contribution is 9.10. The van der Waals surface area contributed by atoms with Crippen molar-refractivity contribution >= 4 is 44.9 Å². The van der Waals surface area contributed by atoms with Gasteiger partial charge < -0.3 is 10.1 Å². The number of ether oxygens (including phenoxy) is 1. The Morgan fingerprint density at radius 2 is 1.90 bits per heavy atom. The Morgan fingerprint density at radius 3 is 2.69 bits per heavy atom. The van der Waals surface area contributed by atoms with Gasteiger partial charge in [-0.15, -0.1) is 10.2 Å². The van der Waals surface area contributed by atoms with Crippen LogP contribution in [0.15, 0.2) is 70.3 Å². The van der Waals surface area contributed by atoms with Crippen LogP contribution in [0.25, 0.3) is 16.9 Å². The molecular formula is C20H16BrN5O2S. The first-order chi connectivity index (χ1) is 14.1. The van der Waals surface area contributed by atoms with Crippen LogP contribution in [0.1, 0.15) is 0 Å². The number of aromatic nitrogens is 4. The van der Waals surface area contributed by atoms with Crippen LogP contribution in [0.3, 0.4) is 0 Å². The summed E-state index contributed by atoms with van der Waals surface area (Å²) in [4.78, 5) is 12.4. The van der Waals surface area contributed by atoms with E-state index in [2.05, 4.69) is 36.5 Å².